The number of hydrogen-bond acceptors (Lipinski definition) is 13. The van der Waals surface area contributed by atoms with Crippen LogP contribution in [0, 0.1) is 5.95 Å². The number of hydrogen-bond donors (Lipinski definition) is 13. The molecule has 27 heteroatoms. The molecule has 67 heavy (non-hydrogen) atoms. The second-order valence-electron chi connectivity index (χ2n) is 15.0. The number of nitrogens with zero attached hydrogens (tertiary/aromatic N) is 1. The molecule has 7 amide bonds. The molecule has 0 saturated heterocycles. The fourth-order valence-corrected chi connectivity index (χ4v) is 5.97. The summed E-state index contributed by atoms with van der Waals surface area (Å²) in [5, 5.41) is 71.3. The molecule has 1 rings (SSSR count). The highest BCUT2D eigenvalue weighted by atomic mass is 19.1. The zero-order chi connectivity index (χ0) is 50.5. The molecule has 1 aromatic rings. The first-order valence-corrected chi connectivity index (χ1v) is 21.1. The second kappa shape index (κ2) is 31.4. The van der Waals surface area contributed by atoms with Gasteiger partial charge in [-0.15, -0.1) is 0 Å². The minimum Gasteiger partial charge on any atom is -0.481 e. The zero-order valence-corrected chi connectivity index (χ0v) is 36.3. The summed E-state index contributed by atoms with van der Waals surface area (Å²) in [5.41, 5.74) is -0.248. The standard InChI is InChI=1S/C40H57FN8O18/c41-28-15-13-22(21-44-28)34(58)46-26(19-32(54)55)36(60)47-27(20-33(56)57)35(59)45-23(37(61)62)9-5-7-17-42-29(50)11-3-1-2-4-12-30(51)43-18-8-6-10-24(38(63)64)48-40(67)49-25(39(65)66)14-16-31(52)53/h13,15,21,23-27H,1-12,14,16-20H2,(H,42,50)(H,43,51)(H,45,59)(H,46,58)(H,47,60)(H,52,53)(H,54,55)(H,56,57)(H,61,62)(H,63,64)(H,65,66)(H2,48,49,67)/t23-,24+,25+,26+,27+/m1/s1. The molecule has 0 unspecified atom stereocenters. The number of carboxylic acid groups (broad SMARTS) is 6. The van der Waals surface area contributed by atoms with E-state index in [0.717, 1.165) is 18.3 Å². The third-order valence-corrected chi connectivity index (χ3v) is 9.51. The normalized spacial score (nSPS) is 12.9. The van der Waals surface area contributed by atoms with Gasteiger partial charge in [0.2, 0.25) is 29.6 Å². The number of aliphatic carboxylic acids is 6. The smallest absolute Gasteiger partial charge is 0.326 e. The van der Waals surface area contributed by atoms with Gasteiger partial charge in [-0.05, 0) is 69.9 Å². The summed E-state index contributed by atoms with van der Waals surface area (Å²) in [5.74, 6) is -13.7. The molecule has 1 aromatic heterocycles. The van der Waals surface area contributed by atoms with E-state index in [-0.39, 0.29) is 75.4 Å². The number of nitrogens with one attached hydrogen (secondary N) is 7. The lowest BCUT2D eigenvalue weighted by atomic mass is 10.1. The number of carbonyl (C=O) groups excluding carboxylic acids is 6. The lowest BCUT2D eigenvalue weighted by molar-refractivity contribution is -0.144. The van der Waals surface area contributed by atoms with E-state index in [9.17, 15) is 82.4 Å². The van der Waals surface area contributed by atoms with Gasteiger partial charge < -0.3 is 67.9 Å². The molecular weight excluding hydrogens is 899 g/mol. The second-order valence-corrected chi connectivity index (χ2v) is 15.0. The Balaban J connectivity index is 2.38. The minimum absolute atomic E-state index is 0.0269. The first kappa shape index (κ1) is 57.5. The Hall–Kier alpha value is -7.48. The molecule has 0 radical (unpaired) electrons. The number of aromatic nitrogens is 1. The minimum atomic E-state index is -1.90. The molecule has 0 aliphatic carbocycles. The Bertz CT molecular complexity index is 1900. The summed E-state index contributed by atoms with van der Waals surface area (Å²) in [4.78, 5) is 147. The highest BCUT2D eigenvalue weighted by molar-refractivity contribution is 6.00. The van der Waals surface area contributed by atoms with E-state index in [1.54, 1.807) is 0 Å². The Kier molecular flexibility index (Phi) is 27.0. The summed E-state index contributed by atoms with van der Waals surface area (Å²) in [6.07, 6.45) is 1.47. The number of urea groups is 1. The van der Waals surface area contributed by atoms with E-state index < -0.39 is 121 Å². The van der Waals surface area contributed by atoms with E-state index in [4.69, 9.17) is 10.2 Å². The molecule has 5 atom stereocenters. The maximum atomic E-state index is 13.1. The van der Waals surface area contributed by atoms with Crippen molar-refractivity contribution in [2.24, 2.45) is 0 Å². The monoisotopic (exact) mass is 956 g/mol. The van der Waals surface area contributed by atoms with Crippen molar-refractivity contribution >= 4 is 71.4 Å². The zero-order valence-electron chi connectivity index (χ0n) is 36.3. The molecular formula is C40H57FN8O18. The average molecular weight is 957 g/mol. The van der Waals surface area contributed by atoms with Gasteiger partial charge in [-0.25, -0.2) is 24.2 Å². The van der Waals surface area contributed by atoms with Crippen molar-refractivity contribution in [1.82, 2.24) is 42.2 Å². The third-order valence-electron chi connectivity index (χ3n) is 9.51. The maximum absolute atomic E-state index is 13.1. The molecule has 0 aliphatic rings. The molecule has 0 bridgehead atoms. The fraction of sp³-hybridized carbons (Fsp3) is 0.575. The highest BCUT2D eigenvalue weighted by Crippen LogP contribution is 2.09. The van der Waals surface area contributed by atoms with Crippen molar-refractivity contribution in [3.63, 3.8) is 0 Å². The van der Waals surface area contributed by atoms with Crippen LogP contribution < -0.4 is 37.2 Å². The summed E-state index contributed by atoms with van der Waals surface area (Å²) < 4.78 is 13.1. The molecule has 26 nitrogen and oxygen atoms in total. The van der Waals surface area contributed by atoms with Gasteiger partial charge >= 0.3 is 41.8 Å². The van der Waals surface area contributed by atoms with Gasteiger partial charge in [-0.2, -0.15) is 4.39 Å². The van der Waals surface area contributed by atoms with Crippen molar-refractivity contribution < 1.29 is 92.6 Å². The quantitative estimate of drug-likeness (QED) is 0.0296. The number of rotatable bonds is 35. The van der Waals surface area contributed by atoms with Crippen LogP contribution in [0.2, 0.25) is 0 Å². The number of unbranched alkanes of at least 4 members (excludes halogenated alkanes) is 5. The Morgan fingerprint density at radius 3 is 1.33 bits per heavy atom. The van der Waals surface area contributed by atoms with Gasteiger partial charge in [-0.1, -0.05) is 12.8 Å². The first-order chi connectivity index (χ1) is 31.6. The van der Waals surface area contributed by atoms with Crippen LogP contribution in [-0.2, 0) is 47.9 Å². The van der Waals surface area contributed by atoms with Crippen LogP contribution in [0.1, 0.15) is 113 Å². The lowest BCUT2D eigenvalue weighted by Gasteiger charge is -2.23. The third kappa shape index (κ3) is 26.2. The molecule has 372 valence electrons. The van der Waals surface area contributed by atoms with Gasteiger partial charge in [-0.3, -0.25) is 38.4 Å². The average Bonchev–Trinajstić information content (AvgIpc) is 3.24. The number of halogens is 1. The number of amides is 7. The molecule has 0 fully saturated rings. The van der Waals surface area contributed by atoms with Crippen LogP contribution in [0.25, 0.3) is 0 Å². The van der Waals surface area contributed by atoms with Gasteiger partial charge in [0.15, 0.2) is 0 Å². The van der Waals surface area contributed by atoms with Crippen LogP contribution in [-0.4, -0.2) is 150 Å². The largest absolute Gasteiger partial charge is 0.481 e. The Morgan fingerprint density at radius 2 is 0.910 bits per heavy atom. The van der Waals surface area contributed by atoms with Gasteiger partial charge in [0, 0.05) is 38.5 Å². The predicted octanol–water partition coefficient (Wildman–Crippen LogP) is -0.693. The van der Waals surface area contributed by atoms with Crippen molar-refractivity contribution in [3.8, 4) is 0 Å². The van der Waals surface area contributed by atoms with Crippen LogP contribution in [0.15, 0.2) is 18.3 Å². The van der Waals surface area contributed by atoms with Crippen molar-refractivity contribution in [1.29, 1.82) is 0 Å². The number of carboxylic acids is 6. The van der Waals surface area contributed by atoms with E-state index in [0.29, 0.717) is 32.1 Å². The molecule has 0 aliphatic heterocycles. The topological polar surface area (TPSA) is 423 Å². The van der Waals surface area contributed by atoms with E-state index in [1.165, 1.54) is 0 Å². The summed E-state index contributed by atoms with van der Waals surface area (Å²) in [7, 11) is 0. The molecule has 0 aromatic carbocycles. The molecule has 0 spiro atoms. The van der Waals surface area contributed by atoms with E-state index in [1.807, 2.05) is 10.6 Å². The van der Waals surface area contributed by atoms with E-state index >= 15 is 0 Å². The van der Waals surface area contributed by atoms with E-state index in [2.05, 4.69) is 31.6 Å². The van der Waals surface area contributed by atoms with Gasteiger partial charge in [0.25, 0.3) is 5.91 Å². The first-order valence-electron chi connectivity index (χ1n) is 21.1. The maximum Gasteiger partial charge on any atom is 0.326 e. The molecule has 0 saturated carbocycles. The summed E-state index contributed by atoms with van der Waals surface area (Å²) in [6.45, 7) is 0.391. The van der Waals surface area contributed by atoms with Crippen LogP contribution >= 0.6 is 0 Å². The van der Waals surface area contributed by atoms with Gasteiger partial charge in [0.1, 0.15) is 30.2 Å². The molecule has 13 N–H and O–H groups in total. The number of pyridine rings is 1. The Morgan fingerprint density at radius 1 is 0.478 bits per heavy atom. The molecule has 1 heterocycles. The van der Waals surface area contributed by atoms with Crippen LogP contribution in [0.4, 0.5) is 9.18 Å². The lowest BCUT2D eigenvalue weighted by Crippen LogP contribution is -2.56. The van der Waals surface area contributed by atoms with Crippen LogP contribution in [0.3, 0.4) is 0 Å². The summed E-state index contributed by atoms with van der Waals surface area (Å²) >= 11 is 0. The van der Waals surface area contributed by atoms with Crippen LogP contribution in [0.5, 0.6) is 0 Å². The number of carbonyl (C=O) groups is 12. The SMILES string of the molecule is O=C(O)CC[C@H](NC(=O)N[C@@H](CCCCNC(=O)CCCCCCC(=O)NCCCC[C@@H](NC(=O)[C@H](CC(=O)O)NC(=O)[C@H](CC(=O)O)NC(=O)c1ccc(F)nc1)C(=O)O)C(=O)O)C(=O)O. The highest BCUT2D eigenvalue weighted by Gasteiger charge is 2.32. The van der Waals surface area contributed by atoms with Gasteiger partial charge in [0.05, 0.1) is 18.4 Å². The fourth-order valence-electron chi connectivity index (χ4n) is 5.97. The van der Waals surface area contributed by atoms with Crippen molar-refractivity contribution in [3.05, 3.63) is 29.8 Å². The summed E-state index contributed by atoms with van der Waals surface area (Å²) in [6, 6.07) is -7.43. The van der Waals surface area contributed by atoms with Crippen molar-refractivity contribution in [2.75, 3.05) is 13.1 Å². The Labute approximate surface area is 381 Å². The predicted molar refractivity (Wildman–Crippen MR) is 224 cm³/mol. The van der Waals surface area contributed by atoms with Crippen molar-refractivity contribution in [2.45, 2.75) is 133 Å².